The lowest BCUT2D eigenvalue weighted by molar-refractivity contribution is -0.137. The lowest BCUT2D eigenvalue weighted by Crippen LogP contribution is -2.67. The predicted molar refractivity (Wildman–Crippen MR) is 140 cm³/mol. The molecule has 0 saturated heterocycles. The van der Waals surface area contributed by atoms with Crippen molar-refractivity contribution in [2.24, 2.45) is 5.92 Å². The van der Waals surface area contributed by atoms with Gasteiger partial charge < -0.3 is 20.9 Å². The van der Waals surface area contributed by atoms with Crippen LogP contribution in [0.15, 0.2) is 77.7 Å². The largest absolute Gasteiger partial charge is 0.379 e. The van der Waals surface area contributed by atoms with Crippen LogP contribution in [0.5, 0.6) is 0 Å². The lowest BCUT2D eigenvalue weighted by atomic mass is 10.1. The normalized spacial score (nSPS) is 17.8. The van der Waals surface area contributed by atoms with Crippen LogP contribution in [-0.4, -0.2) is 44.6 Å². The third kappa shape index (κ3) is 5.32. The first kappa shape index (κ1) is 27.7. The van der Waals surface area contributed by atoms with E-state index < -0.39 is 56.5 Å². The van der Waals surface area contributed by atoms with Crippen molar-refractivity contribution in [3.63, 3.8) is 0 Å². The van der Waals surface area contributed by atoms with E-state index in [0.29, 0.717) is 17.4 Å². The summed E-state index contributed by atoms with van der Waals surface area (Å²) in [5.74, 6) is -5.93. The maximum Gasteiger partial charge on any atom is 0.270 e. The highest BCUT2D eigenvalue weighted by Gasteiger charge is 2.56. The second-order valence-corrected chi connectivity index (χ2v) is 11.3. The summed E-state index contributed by atoms with van der Waals surface area (Å²) in [5, 5.41) is 7.72. The first-order chi connectivity index (χ1) is 18.5. The number of rotatable bonds is 7. The summed E-state index contributed by atoms with van der Waals surface area (Å²) in [6.45, 7) is 0.427. The van der Waals surface area contributed by atoms with Crippen LogP contribution < -0.4 is 20.9 Å². The highest BCUT2D eigenvalue weighted by Crippen LogP contribution is 2.35. The van der Waals surface area contributed by atoms with Gasteiger partial charge in [-0.2, -0.15) is 0 Å². The van der Waals surface area contributed by atoms with E-state index >= 15 is 0 Å². The van der Waals surface area contributed by atoms with Gasteiger partial charge >= 0.3 is 0 Å². The maximum atomic E-state index is 14.0. The Bertz CT molecular complexity index is 1510. The van der Waals surface area contributed by atoms with E-state index in [-0.39, 0.29) is 17.0 Å². The summed E-state index contributed by atoms with van der Waals surface area (Å²) in [6.07, 6.45) is 0. The fourth-order valence-corrected chi connectivity index (χ4v) is 6.03. The van der Waals surface area contributed by atoms with Gasteiger partial charge in [-0.1, -0.05) is 30.3 Å². The molecular weight excluding hydrogens is 530 g/mol. The van der Waals surface area contributed by atoms with E-state index in [1.165, 1.54) is 38.2 Å². The number of para-hydroxylation sites is 2. The van der Waals surface area contributed by atoms with Gasteiger partial charge in [0, 0.05) is 19.7 Å². The molecule has 39 heavy (non-hydrogen) atoms. The zero-order chi connectivity index (χ0) is 28.4. The summed E-state index contributed by atoms with van der Waals surface area (Å²) in [7, 11) is -3.17. The topological polar surface area (TPSA) is 125 Å². The molecule has 3 amide bonds. The van der Waals surface area contributed by atoms with Crippen LogP contribution in [0.1, 0.15) is 12.5 Å². The average molecular weight is 557 g/mol. The third-order valence-corrected chi connectivity index (χ3v) is 8.69. The SMILES string of the molecule is CC(C(=O)NCc1cc(F)cc(F)c1)C(=O)NC1(S(=O)(=O)c2ccccc2)CNc2ccccc2N(C)C1=O. The third-order valence-electron chi connectivity index (χ3n) is 6.46. The van der Waals surface area contributed by atoms with Crippen LogP contribution in [0.4, 0.5) is 20.2 Å². The monoisotopic (exact) mass is 556 g/mol. The molecule has 0 bridgehead atoms. The van der Waals surface area contributed by atoms with Crippen LogP contribution in [-0.2, 0) is 30.8 Å². The molecule has 0 fully saturated rings. The first-order valence-electron chi connectivity index (χ1n) is 11.9. The van der Waals surface area contributed by atoms with E-state index in [9.17, 15) is 31.6 Å². The second-order valence-electron chi connectivity index (χ2n) is 9.08. The average Bonchev–Trinajstić information content (AvgIpc) is 3.02. The molecule has 0 radical (unpaired) electrons. The molecule has 3 N–H and O–H groups in total. The van der Waals surface area contributed by atoms with E-state index in [1.807, 2.05) is 0 Å². The van der Waals surface area contributed by atoms with Crippen molar-refractivity contribution in [3.05, 3.63) is 90.0 Å². The number of anilines is 2. The number of carbonyl (C=O) groups excluding carboxylic acids is 3. The summed E-state index contributed by atoms with van der Waals surface area (Å²) >= 11 is 0. The molecule has 4 rings (SSSR count). The number of nitrogens with one attached hydrogen (secondary N) is 3. The molecule has 1 aliphatic rings. The molecule has 12 heteroatoms. The molecule has 1 heterocycles. The number of fused-ring (bicyclic) bond motifs is 1. The summed E-state index contributed by atoms with van der Waals surface area (Å²) in [5.41, 5.74) is 0.995. The molecule has 2 unspecified atom stereocenters. The van der Waals surface area contributed by atoms with Crippen molar-refractivity contribution in [2.45, 2.75) is 23.2 Å². The van der Waals surface area contributed by atoms with Gasteiger partial charge in [-0.25, -0.2) is 17.2 Å². The van der Waals surface area contributed by atoms with Gasteiger partial charge in [0.2, 0.25) is 26.5 Å². The molecule has 1 aliphatic heterocycles. The number of hydrogen-bond acceptors (Lipinski definition) is 6. The zero-order valence-corrected chi connectivity index (χ0v) is 21.9. The van der Waals surface area contributed by atoms with Crippen molar-refractivity contribution in [3.8, 4) is 0 Å². The Hall–Kier alpha value is -4.32. The number of likely N-dealkylation sites (N-methyl/N-ethyl adjacent to an activating group) is 1. The molecule has 3 aromatic carbocycles. The number of nitrogens with zero attached hydrogens (tertiary/aromatic N) is 1. The van der Waals surface area contributed by atoms with Gasteiger partial charge in [0.25, 0.3) is 5.91 Å². The smallest absolute Gasteiger partial charge is 0.270 e. The fraction of sp³-hybridized carbons (Fsp3) is 0.222. The standard InChI is InChI=1S/C27H26F2N4O5S/c1-17(24(34)30-15-18-12-19(28)14-20(29)13-18)25(35)32-27(39(37,38)21-8-4-3-5-9-21)16-31-22-10-6-7-11-23(22)33(2)26(27)36/h3-14,17,31H,15-16H2,1-2H3,(H,30,34)(H,32,35). The van der Waals surface area contributed by atoms with Crippen molar-refractivity contribution < 1.29 is 31.6 Å². The highest BCUT2D eigenvalue weighted by atomic mass is 32.2. The number of sulfone groups is 1. The number of hydrogen-bond donors (Lipinski definition) is 3. The van der Waals surface area contributed by atoms with E-state index in [0.717, 1.165) is 17.0 Å². The van der Waals surface area contributed by atoms with Crippen molar-refractivity contribution in [1.29, 1.82) is 0 Å². The minimum absolute atomic E-state index is 0.124. The van der Waals surface area contributed by atoms with Gasteiger partial charge in [-0.15, -0.1) is 0 Å². The zero-order valence-electron chi connectivity index (χ0n) is 21.1. The van der Waals surface area contributed by atoms with Crippen molar-refractivity contribution in [2.75, 3.05) is 23.8 Å². The summed E-state index contributed by atoms with van der Waals surface area (Å²) in [6, 6.07) is 16.6. The molecule has 3 aromatic rings. The van der Waals surface area contributed by atoms with Crippen molar-refractivity contribution >= 4 is 38.9 Å². The van der Waals surface area contributed by atoms with Crippen LogP contribution in [0.25, 0.3) is 0 Å². The quantitative estimate of drug-likeness (QED) is 0.385. The molecule has 9 nitrogen and oxygen atoms in total. The van der Waals surface area contributed by atoms with E-state index in [1.54, 1.807) is 30.3 Å². The lowest BCUT2D eigenvalue weighted by Gasteiger charge is -2.34. The Labute approximate surface area is 224 Å². The highest BCUT2D eigenvalue weighted by molar-refractivity contribution is 7.93. The predicted octanol–water partition coefficient (Wildman–Crippen LogP) is 2.59. The minimum atomic E-state index is -4.57. The number of amides is 3. The van der Waals surface area contributed by atoms with E-state index in [4.69, 9.17) is 0 Å². The summed E-state index contributed by atoms with van der Waals surface area (Å²) in [4.78, 5) is 38.4. The molecule has 204 valence electrons. The second kappa shape index (κ2) is 10.8. The van der Waals surface area contributed by atoms with Gasteiger partial charge in [-0.05, 0) is 48.9 Å². The van der Waals surface area contributed by atoms with Crippen LogP contribution in [0.3, 0.4) is 0 Å². The Morgan fingerprint density at radius 3 is 2.28 bits per heavy atom. The molecule has 0 spiro atoms. The number of carbonyl (C=O) groups is 3. The Balaban J connectivity index is 1.65. The summed E-state index contributed by atoms with van der Waals surface area (Å²) < 4.78 is 55.0. The molecule has 0 saturated carbocycles. The van der Waals surface area contributed by atoms with Crippen molar-refractivity contribution in [1.82, 2.24) is 10.6 Å². The minimum Gasteiger partial charge on any atom is -0.379 e. The van der Waals surface area contributed by atoms with E-state index in [2.05, 4.69) is 16.0 Å². The van der Waals surface area contributed by atoms with Crippen LogP contribution in [0, 0.1) is 17.6 Å². The van der Waals surface area contributed by atoms with Crippen LogP contribution >= 0.6 is 0 Å². The number of halogens is 2. The van der Waals surface area contributed by atoms with Gasteiger partial charge in [0.15, 0.2) is 0 Å². The van der Waals surface area contributed by atoms with Gasteiger partial charge in [0.1, 0.15) is 17.6 Å². The van der Waals surface area contributed by atoms with Crippen LogP contribution in [0.2, 0.25) is 0 Å². The Morgan fingerprint density at radius 1 is 1.00 bits per heavy atom. The molecule has 2 atom stereocenters. The molecular formula is C27H26F2N4O5S. The van der Waals surface area contributed by atoms with Gasteiger partial charge in [0.05, 0.1) is 22.8 Å². The Morgan fingerprint density at radius 2 is 1.62 bits per heavy atom. The Kier molecular flexibility index (Phi) is 7.68. The first-order valence-corrected chi connectivity index (χ1v) is 13.4. The maximum absolute atomic E-state index is 14.0. The van der Waals surface area contributed by atoms with Gasteiger partial charge in [-0.3, -0.25) is 14.4 Å². The molecule has 0 aromatic heterocycles. The molecule has 0 aliphatic carbocycles. The fourth-order valence-electron chi connectivity index (χ4n) is 4.25. The number of benzene rings is 3.